The van der Waals surface area contributed by atoms with Crippen molar-refractivity contribution in [2.75, 3.05) is 19.8 Å². The van der Waals surface area contributed by atoms with Gasteiger partial charge >= 0.3 is 0 Å². The summed E-state index contributed by atoms with van der Waals surface area (Å²) in [5.74, 6) is 0.374. The summed E-state index contributed by atoms with van der Waals surface area (Å²) >= 11 is 0. The summed E-state index contributed by atoms with van der Waals surface area (Å²) in [7, 11) is 0. The van der Waals surface area contributed by atoms with Crippen molar-refractivity contribution in [3.05, 3.63) is 54.1 Å². The number of benzene rings is 2. The van der Waals surface area contributed by atoms with E-state index in [1.54, 1.807) is 9.58 Å². The highest BCUT2D eigenvalue weighted by Crippen LogP contribution is 2.28. The average Bonchev–Trinajstić information content (AvgIpc) is 3.60. The van der Waals surface area contributed by atoms with E-state index >= 15 is 0 Å². The number of amides is 2. The lowest BCUT2D eigenvalue weighted by molar-refractivity contribution is -0.143. The van der Waals surface area contributed by atoms with Gasteiger partial charge in [0.15, 0.2) is 0 Å². The molecular weight excluding hydrogens is 482 g/mol. The normalized spacial score (nSPS) is 18.8. The molecule has 2 aliphatic rings. The van der Waals surface area contributed by atoms with Crippen LogP contribution >= 0.6 is 0 Å². The maximum absolute atomic E-state index is 14.0. The van der Waals surface area contributed by atoms with Gasteiger partial charge in [-0.3, -0.25) is 9.59 Å². The van der Waals surface area contributed by atoms with Crippen LogP contribution in [0.4, 0.5) is 0 Å². The number of hydrogen-bond acceptors (Lipinski definition) is 6. The largest absolute Gasteiger partial charge is 0.494 e. The van der Waals surface area contributed by atoms with Crippen molar-refractivity contribution in [2.45, 2.75) is 76.6 Å². The van der Waals surface area contributed by atoms with Gasteiger partial charge in [-0.25, -0.2) is 4.68 Å². The van der Waals surface area contributed by atoms with E-state index in [1.807, 2.05) is 55.5 Å². The highest BCUT2D eigenvalue weighted by molar-refractivity contribution is 5.89. The van der Waals surface area contributed by atoms with Crippen LogP contribution in [0.25, 0.3) is 11.0 Å². The van der Waals surface area contributed by atoms with E-state index in [4.69, 9.17) is 9.47 Å². The average molecular weight is 520 g/mol. The van der Waals surface area contributed by atoms with E-state index in [2.05, 4.69) is 15.6 Å². The topological polar surface area (TPSA) is 98.6 Å². The fraction of sp³-hybridized carbons (Fsp3) is 0.517. The first-order valence-corrected chi connectivity index (χ1v) is 13.8. The van der Waals surface area contributed by atoms with Gasteiger partial charge in [-0.05, 0) is 62.4 Å². The number of ether oxygens (including phenoxy) is 2. The van der Waals surface area contributed by atoms with Crippen molar-refractivity contribution in [2.24, 2.45) is 0 Å². The lowest BCUT2D eigenvalue weighted by Crippen LogP contribution is -2.49. The molecule has 1 aliphatic heterocycles. The second-order valence-corrected chi connectivity index (χ2v) is 10.2. The van der Waals surface area contributed by atoms with Gasteiger partial charge in [0.25, 0.3) is 0 Å². The van der Waals surface area contributed by atoms with Crippen LogP contribution in [-0.2, 0) is 20.9 Å². The molecule has 2 amide bonds. The smallest absolute Gasteiger partial charge is 0.247 e. The Kier molecular flexibility index (Phi) is 8.53. The Morgan fingerprint density at radius 2 is 1.87 bits per heavy atom. The van der Waals surface area contributed by atoms with E-state index in [1.165, 1.54) is 6.42 Å². The van der Waals surface area contributed by atoms with Gasteiger partial charge in [-0.1, -0.05) is 48.7 Å². The molecule has 2 fully saturated rings. The molecule has 5 rings (SSSR count). The van der Waals surface area contributed by atoms with Crippen molar-refractivity contribution in [3.8, 4) is 5.75 Å². The number of nitrogens with zero attached hydrogens (tertiary/aromatic N) is 4. The van der Waals surface area contributed by atoms with Crippen LogP contribution in [0.5, 0.6) is 5.75 Å². The van der Waals surface area contributed by atoms with Gasteiger partial charge in [0.2, 0.25) is 11.8 Å². The van der Waals surface area contributed by atoms with Crippen molar-refractivity contribution in [1.29, 1.82) is 0 Å². The van der Waals surface area contributed by atoms with Gasteiger partial charge in [0, 0.05) is 19.2 Å². The van der Waals surface area contributed by atoms with Crippen LogP contribution in [0.3, 0.4) is 0 Å². The van der Waals surface area contributed by atoms with E-state index in [9.17, 15) is 9.59 Å². The highest BCUT2D eigenvalue weighted by Gasteiger charge is 2.35. The molecule has 0 radical (unpaired) electrons. The summed E-state index contributed by atoms with van der Waals surface area (Å²) < 4.78 is 13.2. The highest BCUT2D eigenvalue weighted by atomic mass is 16.5. The molecule has 9 heteroatoms. The number of aromatic nitrogens is 3. The SMILES string of the molecule is CCOc1ccc([C@H](C(=O)NC2CCCCC2)N(C[C@@H]2CCCO2)C(=O)Cn2nnc3ccccc32)cc1. The predicted octanol–water partition coefficient (Wildman–Crippen LogP) is 4.03. The maximum Gasteiger partial charge on any atom is 0.247 e. The molecule has 0 spiro atoms. The molecule has 1 aromatic heterocycles. The van der Waals surface area contributed by atoms with Crippen LogP contribution in [-0.4, -0.2) is 63.6 Å². The zero-order chi connectivity index (χ0) is 26.3. The van der Waals surface area contributed by atoms with Crippen LogP contribution < -0.4 is 10.1 Å². The Balaban J connectivity index is 1.47. The van der Waals surface area contributed by atoms with Gasteiger partial charge in [-0.15, -0.1) is 5.10 Å². The zero-order valence-electron chi connectivity index (χ0n) is 22.1. The molecule has 2 heterocycles. The van der Waals surface area contributed by atoms with E-state index in [0.29, 0.717) is 19.8 Å². The minimum Gasteiger partial charge on any atom is -0.494 e. The number of para-hydroxylation sites is 1. The van der Waals surface area contributed by atoms with Crippen molar-refractivity contribution >= 4 is 22.8 Å². The van der Waals surface area contributed by atoms with Crippen molar-refractivity contribution in [1.82, 2.24) is 25.2 Å². The summed E-state index contributed by atoms with van der Waals surface area (Å²) in [5, 5.41) is 11.7. The first-order chi connectivity index (χ1) is 18.6. The molecule has 2 atom stereocenters. The molecule has 38 heavy (non-hydrogen) atoms. The Morgan fingerprint density at radius 1 is 1.08 bits per heavy atom. The predicted molar refractivity (Wildman–Crippen MR) is 144 cm³/mol. The van der Waals surface area contributed by atoms with Crippen LogP contribution in [0.2, 0.25) is 0 Å². The molecule has 202 valence electrons. The van der Waals surface area contributed by atoms with E-state index in [-0.39, 0.29) is 30.5 Å². The molecular formula is C29H37N5O4. The summed E-state index contributed by atoms with van der Waals surface area (Å²) in [6, 6.07) is 14.4. The third kappa shape index (κ3) is 6.15. The molecule has 1 saturated carbocycles. The third-order valence-corrected chi connectivity index (χ3v) is 7.47. The maximum atomic E-state index is 14.0. The molecule has 2 aromatic carbocycles. The lowest BCUT2D eigenvalue weighted by Gasteiger charge is -2.34. The van der Waals surface area contributed by atoms with E-state index < -0.39 is 6.04 Å². The number of carbonyl (C=O) groups is 2. The standard InChI is InChI=1S/C29H37N5O4/c1-2-37-23-16-14-21(15-17-23)28(29(36)30-22-9-4-3-5-10-22)33(19-24-11-8-18-38-24)27(35)20-34-26-13-7-6-12-25(26)31-32-34/h6-7,12-17,22,24,28H,2-5,8-11,18-20H2,1H3,(H,30,36)/t24-,28+/m0/s1. The summed E-state index contributed by atoms with van der Waals surface area (Å²) in [4.78, 5) is 29.6. The lowest BCUT2D eigenvalue weighted by atomic mass is 9.94. The van der Waals surface area contributed by atoms with Crippen LogP contribution in [0.1, 0.15) is 63.5 Å². The van der Waals surface area contributed by atoms with Crippen molar-refractivity contribution < 1.29 is 19.1 Å². The van der Waals surface area contributed by atoms with Gasteiger partial charge in [0.05, 0.1) is 18.2 Å². The first kappa shape index (κ1) is 26.2. The second-order valence-electron chi connectivity index (χ2n) is 10.2. The molecule has 1 saturated heterocycles. The van der Waals surface area contributed by atoms with Crippen LogP contribution in [0.15, 0.2) is 48.5 Å². The fourth-order valence-corrected chi connectivity index (χ4v) is 5.52. The summed E-state index contributed by atoms with van der Waals surface area (Å²) in [6.45, 7) is 3.48. The third-order valence-electron chi connectivity index (χ3n) is 7.47. The molecule has 1 N–H and O–H groups in total. The molecule has 3 aromatic rings. The van der Waals surface area contributed by atoms with Crippen molar-refractivity contribution in [3.63, 3.8) is 0 Å². The molecule has 0 unspecified atom stereocenters. The molecule has 0 bridgehead atoms. The Hall–Kier alpha value is -3.46. The minimum absolute atomic E-state index is 0.0164. The Morgan fingerprint density at radius 3 is 2.61 bits per heavy atom. The number of fused-ring (bicyclic) bond motifs is 1. The zero-order valence-corrected chi connectivity index (χ0v) is 22.1. The summed E-state index contributed by atoms with van der Waals surface area (Å²) in [5.41, 5.74) is 2.25. The van der Waals surface area contributed by atoms with Crippen LogP contribution in [0, 0.1) is 0 Å². The number of hydrogen-bond donors (Lipinski definition) is 1. The monoisotopic (exact) mass is 519 g/mol. The minimum atomic E-state index is -0.793. The summed E-state index contributed by atoms with van der Waals surface area (Å²) in [6.07, 6.45) is 7.04. The number of rotatable bonds is 10. The first-order valence-electron chi connectivity index (χ1n) is 13.8. The molecule has 9 nitrogen and oxygen atoms in total. The Bertz CT molecular complexity index is 1220. The quantitative estimate of drug-likeness (QED) is 0.434. The Labute approximate surface area is 223 Å². The van der Waals surface area contributed by atoms with Gasteiger partial charge < -0.3 is 19.7 Å². The number of carbonyl (C=O) groups excluding carboxylic acids is 2. The number of nitrogens with one attached hydrogen (secondary N) is 1. The van der Waals surface area contributed by atoms with Gasteiger partial charge in [0.1, 0.15) is 23.9 Å². The van der Waals surface area contributed by atoms with E-state index in [0.717, 1.165) is 60.9 Å². The fourth-order valence-electron chi connectivity index (χ4n) is 5.52. The molecule has 1 aliphatic carbocycles. The van der Waals surface area contributed by atoms with Gasteiger partial charge in [-0.2, -0.15) is 0 Å². The second kappa shape index (κ2) is 12.4.